The topological polar surface area (TPSA) is 47.4 Å². The Balaban J connectivity index is 3.29. The zero-order chi connectivity index (χ0) is 9.84. The van der Waals surface area contributed by atoms with Crippen LogP contribution in [0.2, 0.25) is 0 Å². The van der Waals surface area contributed by atoms with Crippen LogP contribution in [0.3, 0.4) is 0 Å². The molecule has 0 radical (unpaired) electrons. The summed E-state index contributed by atoms with van der Waals surface area (Å²) < 4.78 is 5.58. The normalized spacial score (nSPS) is 10.8. The molecule has 13 heavy (non-hydrogen) atoms. The second-order valence-corrected chi connectivity index (χ2v) is 3.03. The van der Waals surface area contributed by atoms with Crippen molar-refractivity contribution in [3.05, 3.63) is 10.4 Å². The first-order valence-corrected chi connectivity index (χ1v) is 4.55. The van der Waals surface area contributed by atoms with Crippen LogP contribution in [0.4, 0.5) is 5.69 Å². The SMILES string of the molecule is CC=Nc1c(C)nc(Br)nc1OC. The quantitative estimate of drug-likeness (QED) is 0.592. The molecule has 1 rings (SSSR count). The molecular formula is C8H10BrN3O. The van der Waals surface area contributed by atoms with Crippen molar-refractivity contribution in [3.63, 3.8) is 0 Å². The number of rotatable bonds is 2. The molecule has 5 heteroatoms. The average molecular weight is 244 g/mol. The Labute approximate surface area is 85.2 Å². The van der Waals surface area contributed by atoms with E-state index in [2.05, 4.69) is 30.9 Å². The monoisotopic (exact) mass is 243 g/mol. The maximum absolute atomic E-state index is 5.06. The van der Waals surface area contributed by atoms with Gasteiger partial charge in [0.15, 0.2) is 4.73 Å². The van der Waals surface area contributed by atoms with Crippen molar-refractivity contribution >= 4 is 27.8 Å². The van der Waals surface area contributed by atoms with E-state index in [-0.39, 0.29) is 0 Å². The Morgan fingerprint density at radius 3 is 2.69 bits per heavy atom. The molecule has 0 spiro atoms. The standard InChI is InChI=1S/C8H10BrN3O/c1-4-10-6-5(2)11-8(9)12-7(6)13-3/h4H,1-3H3. The molecule has 1 heterocycles. The number of halogens is 1. The van der Waals surface area contributed by atoms with E-state index in [1.54, 1.807) is 13.3 Å². The van der Waals surface area contributed by atoms with Crippen molar-refractivity contribution < 1.29 is 4.74 Å². The molecule has 0 amide bonds. The van der Waals surface area contributed by atoms with Gasteiger partial charge in [0.25, 0.3) is 0 Å². The highest BCUT2D eigenvalue weighted by Crippen LogP contribution is 2.28. The van der Waals surface area contributed by atoms with Gasteiger partial charge in [0.05, 0.1) is 12.8 Å². The molecule has 1 aromatic heterocycles. The lowest BCUT2D eigenvalue weighted by Crippen LogP contribution is -1.94. The molecule has 0 aliphatic carbocycles. The number of hydrogen-bond acceptors (Lipinski definition) is 4. The molecule has 0 unspecified atom stereocenters. The lowest BCUT2D eigenvalue weighted by Gasteiger charge is -2.05. The number of aryl methyl sites for hydroxylation is 1. The van der Waals surface area contributed by atoms with Gasteiger partial charge in [-0.3, -0.25) is 4.99 Å². The van der Waals surface area contributed by atoms with Gasteiger partial charge < -0.3 is 4.74 Å². The van der Waals surface area contributed by atoms with Gasteiger partial charge in [-0.2, -0.15) is 4.98 Å². The summed E-state index contributed by atoms with van der Waals surface area (Å²) in [6.45, 7) is 3.69. The molecule has 0 N–H and O–H groups in total. The average Bonchev–Trinajstić information content (AvgIpc) is 2.09. The van der Waals surface area contributed by atoms with Gasteiger partial charge in [-0.05, 0) is 29.8 Å². The second kappa shape index (κ2) is 4.32. The molecule has 0 saturated heterocycles. The number of aliphatic imine (C=N–C) groups is 1. The van der Waals surface area contributed by atoms with Crippen molar-refractivity contribution in [2.45, 2.75) is 13.8 Å². The summed E-state index contributed by atoms with van der Waals surface area (Å²) in [6, 6.07) is 0. The first kappa shape index (κ1) is 10.1. The van der Waals surface area contributed by atoms with Crippen LogP contribution in [0.25, 0.3) is 0 Å². The van der Waals surface area contributed by atoms with Crippen LogP contribution in [0, 0.1) is 6.92 Å². The molecule has 0 atom stereocenters. The van der Waals surface area contributed by atoms with Gasteiger partial charge in [-0.15, -0.1) is 0 Å². The molecular weight excluding hydrogens is 234 g/mol. The van der Waals surface area contributed by atoms with Crippen LogP contribution in [-0.2, 0) is 0 Å². The number of nitrogens with zero attached hydrogens (tertiary/aromatic N) is 3. The van der Waals surface area contributed by atoms with E-state index in [1.807, 2.05) is 13.8 Å². The highest BCUT2D eigenvalue weighted by molar-refractivity contribution is 9.10. The van der Waals surface area contributed by atoms with Crippen molar-refractivity contribution in [3.8, 4) is 5.88 Å². The van der Waals surface area contributed by atoms with Crippen LogP contribution in [0.1, 0.15) is 12.6 Å². The molecule has 1 aromatic rings. The summed E-state index contributed by atoms with van der Waals surface area (Å²) >= 11 is 3.18. The molecule has 0 fully saturated rings. The highest BCUT2D eigenvalue weighted by Gasteiger charge is 2.08. The van der Waals surface area contributed by atoms with Crippen LogP contribution in [0.15, 0.2) is 9.73 Å². The first-order valence-electron chi connectivity index (χ1n) is 3.75. The van der Waals surface area contributed by atoms with E-state index in [4.69, 9.17) is 4.74 Å². The van der Waals surface area contributed by atoms with Crippen LogP contribution < -0.4 is 4.74 Å². The Morgan fingerprint density at radius 1 is 1.46 bits per heavy atom. The van der Waals surface area contributed by atoms with E-state index in [1.165, 1.54) is 0 Å². The van der Waals surface area contributed by atoms with Gasteiger partial charge in [-0.25, -0.2) is 4.98 Å². The van der Waals surface area contributed by atoms with E-state index in [9.17, 15) is 0 Å². The maximum Gasteiger partial charge on any atom is 0.244 e. The molecule has 0 aliphatic rings. The zero-order valence-corrected chi connectivity index (χ0v) is 9.29. The number of methoxy groups -OCH3 is 1. The summed E-state index contributed by atoms with van der Waals surface area (Å²) in [6.07, 6.45) is 1.68. The van der Waals surface area contributed by atoms with Crippen molar-refractivity contribution in [1.29, 1.82) is 0 Å². The molecule has 0 bridgehead atoms. The summed E-state index contributed by atoms with van der Waals surface area (Å²) in [7, 11) is 1.56. The van der Waals surface area contributed by atoms with Crippen LogP contribution >= 0.6 is 15.9 Å². The summed E-state index contributed by atoms with van der Waals surface area (Å²) in [4.78, 5) is 12.3. The largest absolute Gasteiger partial charge is 0.479 e. The fourth-order valence-corrected chi connectivity index (χ4v) is 1.35. The van der Waals surface area contributed by atoms with E-state index < -0.39 is 0 Å². The summed E-state index contributed by atoms with van der Waals surface area (Å²) in [5.74, 6) is 0.484. The Hall–Kier alpha value is -0.970. The van der Waals surface area contributed by atoms with Crippen molar-refractivity contribution in [1.82, 2.24) is 9.97 Å². The van der Waals surface area contributed by atoms with Gasteiger partial charge in [0.2, 0.25) is 5.88 Å². The minimum Gasteiger partial charge on any atom is -0.479 e. The van der Waals surface area contributed by atoms with Crippen LogP contribution in [-0.4, -0.2) is 23.3 Å². The highest BCUT2D eigenvalue weighted by atomic mass is 79.9. The Morgan fingerprint density at radius 2 is 2.15 bits per heavy atom. The van der Waals surface area contributed by atoms with Gasteiger partial charge in [0, 0.05) is 6.21 Å². The maximum atomic E-state index is 5.06. The molecule has 4 nitrogen and oxygen atoms in total. The zero-order valence-electron chi connectivity index (χ0n) is 7.71. The summed E-state index contributed by atoms with van der Waals surface area (Å²) in [5, 5.41) is 0. The Bertz CT molecular complexity index is 338. The lowest BCUT2D eigenvalue weighted by molar-refractivity contribution is 0.397. The third-order valence-electron chi connectivity index (χ3n) is 1.45. The van der Waals surface area contributed by atoms with Crippen molar-refractivity contribution in [2.75, 3.05) is 7.11 Å². The minimum absolute atomic E-state index is 0.484. The minimum atomic E-state index is 0.484. The third-order valence-corrected chi connectivity index (χ3v) is 1.81. The summed E-state index contributed by atoms with van der Waals surface area (Å²) in [5.41, 5.74) is 1.46. The fourth-order valence-electron chi connectivity index (χ4n) is 0.928. The molecule has 0 aliphatic heterocycles. The first-order chi connectivity index (χ1) is 6.19. The third kappa shape index (κ3) is 2.24. The lowest BCUT2D eigenvalue weighted by atomic mass is 10.4. The van der Waals surface area contributed by atoms with Crippen molar-refractivity contribution in [2.24, 2.45) is 4.99 Å². The van der Waals surface area contributed by atoms with Gasteiger partial charge >= 0.3 is 0 Å². The predicted molar refractivity (Wildman–Crippen MR) is 54.8 cm³/mol. The molecule has 0 aromatic carbocycles. The Kier molecular flexibility index (Phi) is 3.36. The predicted octanol–water partition coefficient (Wildman–Crippen LogP) is 2.28. The number of ether oxygens (including phenoxy) is 1. The van der Waals surface area contributed by atoms with Gasteiger partial charge in [0.1, 0.15) is 5.69 Å². The van der Waals surface area contributed by atoms with Gasteiger partial charge in [-0.1, -0.05) is 0 Å². The fraction of sp³-hybridized carbons (Fsp3) is 0.375. The van der Waals surface area contributed by atoms with E-state index in [0.29, 0.717) is 16.3 Å². The molecule has 0 saturated carbocycles. The van der Waals surface area contributed by atoms with E-state index in [0.717, 1.165) is 5.69 Å². The number of aromatic nitrogens is 2. The van der Waals surface area contributed by atoms with E-state index >= 15 is 0 Å². The van der Waals surface area contributed by atoms with Crippen LogP contribution in [0.5, 0.6) is 5.88 Å². The number of hydrogen-bond donors (Lipinski definition) is 0. The molecule has 70 valence electrons. The smallest absolute Gasteiger partial charge is 0.244 e. The second-order valence-electron chi connectivity index (χ2n) is 2.32.